The Labute approximate surface area is 127 Å². The minimum atomic E-state index is 0.583. The van der Waals surface area contributed by atoms with Gasteiger partial charge in [-0.1, -0.05) is 36.4 Å². The molecule has 2 aromatic heterocycles. The number of rotatable bonds is 2. The van der Waals surface area contributed by atoms with Gasteiger partial charge in [-0.25, -0.2) is 9.97 Å². The Balaban J connectivity index is 1.73. The van der Waals surface area contributed by atoms with E-state index in [0.29, 0.717) is 11.5 Å². The molecule has 0 N–H and O–H groups in total. The van der Waals surface area contributed by atoms with Crippen LogP contribution in [0, 0.1) is 0 Å². The normalized spacial score (nSPS) is 10.7. The fraction of sp³-hybridized carbons (Fsp3) is 0. The number of hydrogen-bond acceptors (Lipinski definition) is 4. The minimum absolute atomic E-state index is 0.583. The first-order valence-electron chi connectivity index (χ1n) is 7.00. The zero-order chi connectivity index (χ0) is 14.8. The molecule has 0 radical (unpaired) electrons. The van der Waals surface area contributed by atoms with Crippen molar-refractivity contribution in [1.29, 1.82) is 0 Å². The van der Waals surface area contributed by atoms with Crippen molar-refractivity contribution in [2.24, 2.45) is 0 Å². The van der Waals surface area contributed by atoms with Gasteiger partial charge in [0, 0.05) is 18.0 Å². The average Bonchev–Trinajstić information content (AvgIpc) is 2.62. The van der Waals surface area contributed by atoms with Gasteiger partial charge < -0.3 is 0 Å². The van der Waals surface area contributed by atoms with Gasteiger partial charge in [-0.3, -0.25) is 0 Å². The van der Waals surface area contributed by atoms with Gasteiger partial charge in [-0.05, 0) is 35.0 Å². The van der Waals surface area contributed by atoms with E-state index in [2.05, 4.69) is 50.5 Å². The SMILES string of the molecule is c1cnc(-c2ccc(-c3ccc4ccccc4c3)nn2)nc1. The zero-order valence-corrected chi connectivity index (χ0v) is 11.7. The van der Waals surface area contributed by atoms with Gasteiger partial charge in [-0.2, -0.15) is 0 Å². The second-order valence-electron chi connectivity index (χ2n) is 4.94. The quantitative estimate of drug-likeness (QED) is 0.562. The topological polar surface area (TPSA) is 51.6 Å². The summed E-state index contributed by atoms with van der Waals surface area (Å²) < 4.78 is 0. The van der Waals surface area contributed by atoms with Gasteiger partial charge in [0.05, 0.1) is 5.69 Å². The Morgan fingerprint density at radius 2 is 1.32 bits per heavy atom. The van der Waals surface area contributed by atoms with Gasteiger partial charge in [0.25, 0.3) is 0 Å². The molecule has 2 heterocycles. The van der Waals surface area contributed by atoms with Crippen LogP contribution in [0.5, 0.6) is 0 Å². The van der Waals surface area contributed by atoms with Gasteiger partial charge in [0.1, 0.15) is 5.69 Å². The maximum Gasteiger partial charge on any atom is 0.180 e. The molecule has 0 atom stereocenters. The number of nitrogens with zero attached hydrogens (tertiary/aromatic N) is 4. The fourth-order valence-electron chi connectivity index (χ4n) is 2.39. The second-order valence-corrected chi connectivity index (χ2v) is 4.94. The van der Waals surface area contributed by atoms with Crippen molar-refractivity contribution in [3.8, 4) is 22.8 Å². The minimum Gasteiger partial charge on any atom is -0.235 e. The molecule has 4 rings (SSSR count). The van der Waals surface area contributed by atoms with Gasteiger partial charge in [-0.15, -0.1) is 10.2 Å². The van der Waals surface area contributed by atoms with E-state index in [1.54, 1.807) is 18.5 Å². The predicted octanol–water partition coefficient (Wildman–Crippen LogP) is 3.75. The summed E-state index contributed by atoms with van der Waals surface area (Å²) >= 11 is 0. The lowest BCUT2D eigenvalue weighted by Crippen LogP contribution is -1.94. The van der Waals surface area contributed by atoms with Crippen LogP contribution >= 0.6 is 0 Å². The smallest absolute Gasteiger partial charge is 0.180 e. The van der Waals surface area contributed by atoms with Crippen molar-refractivity contribution in [1.82, 2.24) is 20.2 Å². The molecule has 0 aliphatic heterocycles. The van der Waals surface area contributed by atoms with Crippen LogP contribution in [-0.4, -0.2) is 20.2 Å². The van der Waals surface area contributed by atoms with E-state index in [-0.39, 0.29) is 0 Å². The third-order valence-electron chi connectivity index (χ3n) is 3.50. The van der Waals surface area contributed by atoms with E-state index in [4.69, 9.17) is 0 Å². The first-order valence-corrected chi connectivity index (χ1v) is 7.00. The van der Waals surface area contributed by atoms with Gasteiger partial charge in [0.15, 0.2) is 5.82 Å². The molecular formula is C18H12N4. The molecule has 0 saturated carbocycles. The molecule has 0 spiro atoms. The molecule has 4 aromatic rings. The molecule has 4 heteroatoms. The molecule has 22 heavy (non-hydrogen) atoms. The summed E-state index contributed by atoms with van der Waals surface area (Å²) in [5.41, 5.74) is 2.56. The van der Waals surface area contributed by atoms with Crippen LogP contribution in [0.25, 0.3) is 33.5 Å². The number of benzene rings is 2. The second kappa shape index (κ2) is 5.33. The summed E-state index contributed by atoms with van der Waals surface area (Å²) in [5, 5.41) is 10.9. The third-order valence-corrected chi connectivity index (χ3v) is 3.50. The first-order chi connectivity index (χ1) is 10.9. The van der Waals surface area contributed by atoms with E-state index < -0.39 is 0 Å². The molecule has 104 valence electrons. The van der Waals surface area contributed by atoms with E-state index in [0.717, 1.165) is 11.3 Å². The Bertz CT molecular complexity index is 918. The lowest BCUT2D eigenvalue weighted by atomic mass is 10.0. The van der Waals surface area contributed by atoms with Crippen LogP contribution in [0.1, 0.15) is 0 Å². The Kier molecular flexibility index (Phi) is 3.05. The first kappa shape index (κ1) is 12.6. The molecular weight excluding hydrogens is 272 g/mol. The molecule has 0 aliphatic rings. The Hall–Kier alpha value is -3.14. The van der Waals surface area contributed by atoms with Crippen LogP contribution in [0.3, 0.4) is 0 Å². The zero-order valence-electron chi connectivity index (χ0n) is 11.7. The van der Waals surface area contributed by atoms with Crippen LogP contribution < -0.4 is 0 Å². The van der Waals surface area contributed by atoms with Crippen molar-refractivity contribution in [2.75, 3.05) is 0 Å². The lowest BCUT2D eigenvalue weighted by molar-refractivity contribution is 1.02. The van der Waals surface area contributed by atoms with Crippen molar-refractivity contribution in [3.05, 3.63) is 73.1 Å². The van der Waals surface area contributed by atoms with Crippen LogP contribution in [0.15, 0.2) is 73.1 Å². The maximum absolute atomic E-state index is 4.30. The summed E-state index contributed by atoms with van der Waals surface area (Å²) in [7, 11) is 0. The summed E-state index contributed by atoms with van der Waals surface area (Å²) in [5.74, 6) is 0.583. The van der Waals surface area contributed by atoms with Crippen molar-refractivity contribution < 1.29 is 0 Å². The summed E-state index contributed by atoms with van der Waals surface area (Å²) in [6.45, 7) is 0. The van der Waals surface area contributed by atoms with Crippen LogP contribution in [0.4, 0.5) is 0 Å². The monoisotopic (exact) mass is 284 g/mol. The maximum atomic E-state index is 4.30. The van der Waals surface area contributed by atoms with Crippen molar-refractivity contribution in [2.45, 2.75) is 0 Å². The predicted molar refractivity (Wildman–Crippen MR) is 86.0 cm³/mol. The highest BCUT2D eigenvalue weighted by Gasteiger charge is 2.05. The van der Waals surface area contributed by atoms with Crippen molar-refractivity contribution in [3.63, 3.8) is 0 Å². The van der Waals surface area contributed by atoms with E-state index >= 15 is 0 Å². The van der Waals surface area contributed by atoms with E-state index in [1.807, 2.05) is 24.3 Å². The summed E-state index contributed by atoms with van der Waals surface area (Å²) in [6.07, 6.45) is 3.39. The van der Waals surface area contributed by atoms with Gasteiger partial charge in [0.2, 0.25) is 0 Å². The molecule has 0 aliphatic carbocycles. The van der Waals surface area contributed by atoms with Crippen LogP contribution in [0.2, 0.25) is 0 Å². The molecule has 0 saturated heterocycles. The Morgan fingerprint density at radius 1 is 0.591 bits per heavy atom. The summed E-state index contributed by atoms with van der Waals surface area (Å²) in [6, 6.07) is 20.2. The summed E-state index contributed by atoms with van der Waals surface area (Å²) in [4.78, 5) is 8.36. The highest BCUT2D eigenvalue weighted by atomic mass is 15.1. The largest absolute Gasteiger partial charge is 0.235 e. The number of aromatic nitrogens is 4. The van der Waals surface area contributed by atoms with Crippen molar-refractivity contribution >= 4 is 10.8 Å². The lowest BCUT2D eigenvalue weighted by Gasteiger charge is -2.04. The van der Waals surface area contributed by atoms with Crippen LogP contribution in [-0.2, 0) is 0 Å². The third kappa shape index (κ3) is 2.31. The molecule has 0 fully saturated rings. The molecule has 0 bridgehead atoms. The highest BCUT2D eigenvalue weighted by Crippen LogP contribution is 2.23. The number of hydrogen-bond donors (Lipinski definition) is 0. The molecule has 4 nitrogen and oxygen atoms in total. The van der Waals surface area contributed by atoms with E-state index in [9.17, 15) is 0 Å². The van der Waals surface area contributed by atoms with E-state index in [1.165, 1.54) is 10.8 Å². The fourth-order valence-corrected chi connectivity index (χ4v) is 2.39. The highest BCUT2D eigenvalue weighted by molar-refractivity contribution is 5.86. The average molecular weight is 284 g/mol. The molecule has 2 aromatic carbocycles. The van der Waals surface area contributed by atoms with Gasteiger partial charge >= 0.3 is 0 Å². The Morgan fingerprint density at radius 3 is 2.09 bits per heavy atom. The molecule has 0 amide bonds. The molecule has 0 unspecified atom stereocenters. The standard InChI is InChI=1S/C18H12N4/c1-2-5-14-12-15(7-6-13(14)4-1)16-8-9-17(22-21-16)18-19-10-3-11-20-18/h1-12H. The number of fused-ring (bicyclic) bond motifs is 1.